The Hall–Kier alpha value is -2.12. The molecule has 1 aromatic carbocycles. The van der Waals surface area contributed by atoms with Gasteiger partial charge < -0.3 is 9.84 Å². The van der Waals surface area contributed by atoms with Crippen molar-refractivity contribution >= 4 is 10.9 Å². The largest absolute Gasteiger partial charge is 0.506 e. The number of ether oxygens (including phenoxy) is 1. The molecule has 7 nitrogen and oxygen atoms in total. The molecule has 1 fully saturated rings. The van der Waals surface area contributed by atoms with Gasteiger partial charge in [-0.15, -0.1) is 0 Å². The molecular weight excluding hydrogens is 310 g/mol. The summed E-state index contributed by atoms with van der Waals surface area (Å²) in [7, 11) is 0. The molecule has 1 aliphatic rings. The third-order valence-corrected chi connectivity index (χ3v) is 4.35. The molecule has 1 saturated heterocycles. The first-order chi connectivity index (χ1) is 11.5. The quantitative estimate of drug-likeness (QED) is 0.868. The third kappa shape index (κ3) is 3.37. The number of aromatic nitrogens is 2. The molecule has 7 heteroatoms. The zero-order valence-electron chi connectivity index (χ0n) is 14.0. The molecule has 0 aliphatic carbocycles. The standard InChI is InChI=1S/C17H23N3O4/c1-11-9-19(10-12(2)24-11)7-4-8-20-15-13(5-3-6-14(15)21)16(22)18-17(20)23/h3,5-6,11-12,21H,4,7-10H2,1-2H3,(H,18,22,23). The molecule has 2 unspecified atom stereocenters. The van der Waals surface area contributed by atoms with E-state index in [1.807, 2.05) is 0 Å². The van der Waals surface area contributed by atoms with E-state index in [0.29, 0.717) is 17.4 Å². The number of aromatic amines is 1. The van der Waals surface area contributed by atoms with Crippen LogP contribution in [-0.2, 0) is 11.3 Å². The van der Waals surface area contributed by atoms with Crippen LogP contribution in [0.1, 0.15) is 20.3 Å². The molecule has 2 heterocycles. The number of rotatable bonds is 4. The predicted octanol–water partition coefficient (Wildman–Crippen LogP) is 0.895. The van der Waals surface area contributed by atoms with Gasteiger partial charge in [0.05, 0.1) is 17.6 Å². The van der Waals surface area contributed by atoms with Crippen molar-refractivity contribution in [2.24, 2.45) is 0 Å². The summed E-state index contributed by atoms with van der Waals surface area (Å²) in [5.74, 6) is -0.0516. The zero-order valence-corrected chi connectivity index (χ0v) is 14.0. The van der Waals surface area contributed by atoms with E-state index in [2.05, 4.69) is 23.7 Å². The number of benzene rings is 1. The number of hydrogen-bond donors (Lipinski definition) is 2. The highest BCUT2D eigenvalue weighted by Crippen LogP contribution is 2.20. The van der Waals surface area contributed by atoms with Crippen LogP contribution < -0.4 is 11.2 Å². The van der Waals surface area contributed by atoms with Crippen LogP contribution in [0.15, 0.2) is 27.8 Å². The van der Waals surface area contributed by atoms with Gasteiger partial charge in [0.25, 0.3) is 5.56 Å². The van der Waals surface area contributed by atoms with Gasteiger partial charge in [-0.1, -0.05) is 6.07 Å². The Labute approximate surface area is 139 Å². The monoisotopic (exact) mass is 333 g/mol. The Kier molecular flexibility index (Phi) is 4.73. The van der Waals surface area contributed by atoms with Crippen molar-refractivity contribution in [1.29, 1.82) is 0 Å². The molecule has 2 aromatic rings. The molecule has 24 heavy (non-hydrogen) atoms. The lowest BCUT2D eigenvalue weighted by Gasteiger charge is -2.35. The number of morpholine rings is 1. The van der Waals surface area contributed by atoms with Gasteiger partial charge in [0.2, 0.25) is 0 Å². The Bertz CT molecular complexity index is 832. The second-order valence-corrected chi connectivity index (χ2v) is 6.45. The van der Waals surface area contributed by atoms with Crippen LogP contribution in [0.25, 0.3) is 10.9 Å². The van der Waals surface area contributed by atoms with E-state index >= 15 is 0 Å². The molecule has 3 rings (SSSR count). The fraction of sp³-hybridized carbons (Fsp3) is 0.529. The first-order valence-electron chi connectivity index (χ1n) is 8.28. The zero-order chi connectivity index (χ0) is 17.3. The maximum Gasteiger partial charge on any atom is 0.328 e. The summed E-state index contributed by atoms with van der Waals surface area (Å²) in [5, 5.41) is 10.4. The van der Waals surface area contributed by atoms with Crippen molar-refractivity contribution < 1.29 is 9.84 Å². The number of phenolic OH excluding ortho intramolecular Hbond substituents is 1. The van der Waals surface area contributed by atoms with E-state index in [1.165, 1.54) is 10.6 Å². The van der Waals surface area contributed by atoms with Crippen molar-refractivity contribution in [3.8, 4) is 5.75 Å². The van der Waals surface area contributed by atoms with Crippen LogP contribution >= 0.6 is 0 Å². The molecule has 0 bridgehead atoms. The van der Waals surface area contributed by atoms with E-state index in [4.69, 9.17) is 4.74 Å². The number of para-hydroxylation sites is 1. The van der Waals surface area contributed by atoms with Gasteiger partial charge in [-0.2, -0.15) is 0 Å². The SMILES string of the molecule is CC1CN(CCCn2c(=O)[nH]c(=O)c3cccc(O)c32)CC(C)O1. The highest BCUT2D eigenvalue weighted by Gasteiger charge is 2.21. The summed E-state index contributed by atoms with van der Waals surface area (Å²) in [4.78, 5) is 28.7. The molecule has 0 spiro atoms. The predicted molar refractivity (Wildman–Crippen MR) is 91.6 cm³/mol. The van der Waals surface area contributed by atoms with Gasteiger partial charge in [0.1, 0.15) is 11.3 Å². The summed E-state index contributed by atoms with van der Waals surface area (Å²) >= 11 is 0. The Morgan fingerprint density at radius 2 is 1.92 bits per heavy atom. The smallest absolute Gasteiger partial charge is 0.328 e. The molecule has 2 N–H and O–H groups in total. The summed E-state index contributed by atoms with van der Waals surface area (Å²) in [5.41, 5.74) is -0.661. The lowest BCUT2D eigenvalue weighted by Crippen LogP contribution is -2.45. The maximum absolute atomic E-state index is 12.2. The van der Waals surface area contributed by atoms with E-state index < -0.39 is 11.2 Å². The number of nitrogens with zero attached hydrogens (tertiary/aromatic N) is 2. The summed E-state index contributed by atoms with van der Waals surface area (Å²) in [6.07, 6.45) is 1.15. The average molecular weight is 333 g/mol. The summed E-state index contributed by atoms with van der Waals surface area (Å²) in [6, 6.07) is 4.69. The van der Waals surface area contributed by atoms with Crippen LogP contribution in [0.5, 0.6) is 5.75 Å². The second kappa shape index (κ2) is 6.78. The van der Waals surface area contributed by atoms with Crippen molar-refractivity contribution in [1.82, 2.24) is 14.5 Å². The highest BCUT2D eigenvalue weighted by molar-refractivity contribution is 5.83. The van der Waals surface area contributed by atoms with Crippen LogP contribution in [0.4, 0.5) is 0 Å². The highest BCUT2D eigenvalue weighted by atomic mass is 16.5. The maximum atomic E-state index is 12.2. The van der Waals surface area contributed by atoms with Crippen LogP contribution in [0.2, 0.25) is 0 Å². The normalized spacial score (nSPS) is 22.1. The number of hydrogen-bond acceptors (Lipinski definition) is 5. The minimum absolute atomic E-state index is 0.0516. The molecule has 1 aliphatic heterocycles. The number of aryl methyl sites for hydroxylation is 1. The molecule has 0 saturated carbocycles. The van der Waals surface area contributed by atoms with Crippen molar-refractivity contribution in [3.05, 3.63) is 39.0 Å². The number of fused-ring (bicyclic) bond motifs is 1. The molecule has 0 amide bonds. The molecule has 2 atom stereocenters. The van der Waals surface area contributed by atoms with E-state index in [9.17, 15) is 14.7 Å². The average Bonchev–Trinajstić information content (AvgIpc) is 2.50. The Morgan fingerprint density at radius 1 is 1.21 bits per heavy atom. The summed E-state index contributed by atoms with van der Waals surface area (Å²) in [6.45, 7) is 7.12. The number of aromatic hydroxyl groups is 1. The van der Waals surface area contributed by atoms with Crippen LogP contribution in [0, 0.1) is 0 Å². The van der Waals surface area contributed by atoms with Crippen molar-refractivity contribution in [3.63, 3.8) is 0 Å². The van der Waals surface area contributed by atoms with Gasteiger partial charge in [-0.05, 0) is 32.4 Å². The summed E-state index contributed by atoms with van der Waals surface area (Å²) < 4.78 is 7.16. The fourth-order valence-corrected chi connectivity index (χ4v) is 3.46. The van der Waals surface area contributed by atoms with Gasteiger partial charge in [0.15, 0.2) is 0 Å². The first kappa shape index (κ1) is 16.7. The first-order valence-corrected chi connectivity index (χ1v) is 8.28. The lowest BCUT2D eigenvalue weighted by atomic mass is 10.2. The van der Waals surface area contributed by atoms with Gasteiger partial charge in [-0.3, -0.25) is 19.2 Å². The molecule has 1 aromatic heterocycles. The minimum atomic E-state index is -0.488. The van der Waals surface area contributed by atoms with Crippen molar-refractivity contribution in [2.75, 3.05) is 19.6 Å². The van der Waals surface area contributed by atoms with E-state index in [1.54, 1.807) is 12.1 Å². The number of nitrogens with one attached hydrogen (secondary N) is 1. The molecule has 130 valence electrons. The fourth-order valence-electron chi connectivity index (χ4n) is 3.46. The van der Waals surface area contributed by atoms with Crippen LogP contribution in [0.3, 0.4) is 0 Å². The topological polar surface area (TPSA) is 87.6 Å². The molecular formula is C17H23N3O4. The van der Waals surface area contributed by atoms with Crippen molar-refractivity contribution in [2.45, 2.75) is 39.0 Å². The van der Waals surface area contributed by atoms with Crippen LogP contribution in [-0.4, -0.2) is 51.4 Å². The molecule has 0 radical (unpaired) electrons. The van der Waals surface area contributed by atoms with E-state index in [0.717, 1.165) is 26.1 Å². The van der Waals surface area contributed by atoms with Gasteiger partial charge >= 0.3 is 5.69 Å². The lowest BCUT2D eigenvalue weighted by molar-refractivity contribution is -0.0682. The van der Waals surface area contributed by atoms with Gasteiger partial charge in [-0.25, -0.2) is 4.79 Å². The van der Waals surface area contributed by atoms with Gasteiger partial charge in [0, 0.05) is 26.2 Å². The number of phenols is 1. The second-order valence-electron chi connectivity index (χ2n) is 6.45. The third-order valence-electron chi connectivity index (χ3n) is 4.35. The Morgan fingerprint density at radius 3 is 2.62 bits per heavy atom. The minimum Gasteiger partial charge on any atom is -0.506 e. The number of H-pyrrole nitrogens is 1. The Balaban J connectivity index is 1.78. The van der Waals surface area contributed by atoms with E-state index in [-0.39, 0.29) is 18.0 Å².